The fraction of sp³-hybridized carbons (Fsp3) is 0.927. The van der Waals surface area contributed by atoms with Gasteiger partial charge in [-0.15, -0.1) is 0 Å². The Kier molecular flexibility index (Phi) is 28.0. The monoisotopic (exact) mass is 631 g/mol. The smallest absolute Gasteiger partial charge is 0.227 e. The highest BCUT2D eigenvalue weighted by molar-refractivity contribution is 6.02. The number of hydrogen-bond acceptors (Lipinski definition) is 3. The van der Waals surface area contributed by atoms with Crippen molar-refractivity contribution in [2.24, 2.45) is 10.4 Å². The van der Waals surface area contributed by atoms with Crippen LogP contribution in [0.4, 0.5) is 0 Å². The average Bonchev–Trinajstić information content (AvgIpc) is 3.54. The number of carbonyl (C=O) groups is 2. The molecule has 1 aliphatic rings. The molecule has 1 unspecified atom stereocenters. The molecular weight excluding hydrogens is 552 g/mol. The van der Waals surface area contributed by atoms with Gasteiger partial charge in [0, 0.05) is 24.8 Å². The molecule has 0 radical (unpaired) electrons. The normalized spacial score (nSPS) is 14.6. The predicted molar refractivity (Wildman–Crippen MR) is 197 cm³/mol. The first kappa shape index (κ1) is 41.8. The van der Waals surface area contributed by atoms with Gasteiger partial charge in [-0.05, 0) is 12.8 Å². The van der Waals surface area contributed by atoms with Crippen LogP contribution in [0.15, 0.2) is 4.99 Å². The van der Waals surface area contributed by atoms with Crippen LogP contribution in [0.25, 0.3) is 0 Å². The third kappa shape index (κ3) is 22.1. The number of aldehydes is 1. The second-order valence-electron chi connectivity index (χ2n) is 14.7. The maximum Gasteiger partial charge on any atom is 0.227 e. The van der Waals surface area contributed by atoms with Crippen molar-refractivity contribution in [3.05, 3.63) is 0 Å². The van der Waals surface area contributed by atoms with E-state index in [1.807, 2.05) is 4.90 Å². The molecule has 0 saturated carbocycles. The van der Waals surface area contributed by atoms with E-state index < -0.39 is 0 Å². The lowest BCUT2D eigenvalue weighted by Gasteiger charge is -2.33. The lowest BCUT2D eigenvalue weighted by molar-refractivity contribution is -0.127. The molecule has 0 aromatic rings. The number of aliphatic imine (C=N–C) groups is 1. The van der Waals surface area contributed by atoms with Crippen molar-refractivity contribution in [2.45, 2.75) is 226 Å². The summed E-state index contributed by atoms with van der Waals surface area (Å²) >= 11 is 0. The van der Waals surface area contributed by atoms with E-state index in [9.17, 15) is 9.59 Å². The standard InChI is InChI=1S/C41H78N2O2/c1-4-6-8-10-12-14-16-18-20-21-23-25-27-29-31-33-39(45)43-37-36-42-40(43)41(3,35-38-44)34-32-30-28-26-24-22-19-17-15-13-11-9-7-5-2/h38H,4-37H2,1-3H3. The van der Waals surface area contributed by atoms with Gasteiger partial charge in [0.1, 0.15) is 12.1 Å². The van der Waals surface area contributed by atoms with E-state index >= 15 is 0 Å². The minimum atomic E-state index is -0.305. The minimum Gasteiger partial charge on any atom is -0.303 e. The third-order valence-electron chi connectivity index (χ3n) is 10.3. The molecular formula is C41H78N2O2. The van der Waals surface area contributed by atoms with Crippen molar-refractivity contribution in [3.63, 3.8) is 0 Å². The van der Waals surface area contributed by atoms with Gasteiger partial charge < -0.3 is 4.79 Å². The Hall–Kier alpha value is -1.19. The zero-order valence-electron chi connectivity index (χ0n) is 30.8. The van der Waals surface area contributed by atoms with Crippen LogP contribution in [-0.4, -0.2) is 36.0 Å². The van der Waals surface area contributed by atoms with Crippen molar-refractivity contribution in [2.75, 3.05) is 13.1 Å². The topological polar surface area (TPSA) is 49.7 Å². The molecule has 0 bridgehead atoms. The van der Waals surface area contributed by atoms with Crippen molar-refractivity contribution in [1.29, 1.82) is 0 Å². The van der Waals surface area contributed by atoms with Crippen LogP contribution in [0.3, 0.4) is 0 Å². The van der Waals surface area contributed by atoms with Gasteiger partial charge in [-0.25, -0.2) is 0 Å². The molecule has 0 aliphatic carbocycles. The molecule has 4 heteroatoms. The van der Waals surface area contributed by atoms with Crippen molar-refractivity contribution >= 4 is 18.0 Å². The number of hydrogen-bond donors (Lipinski definition) is 0. The largest absolute Gasteiger partial charge is 0.303 e. The predicted octanol–water partition coefficient (Wildman–Crippen LogP) is 13.0. The molecule has 4 nitrogen and oxygen atoms in total. The highest BCUT2D eigenvalue weighted by Crippen LogP contribution is 2.34. The molecule has 0 spiro atoms. The van der Waals surface area contributed by atoms with Gasteiger partial charge in [-0.1, -0.05) is 201 Å². The van der Waals surface area contributed by atoms with Crippen LogP contribution in [0.5, 0.6) is 0 Å². The Labute approximate surface area is 281 Å². The van der Waals surface area contributed by atoms with Crippen molar-refractivity contribution < 1.29 is 9.59 Å². The summed E-state index contributed by atoms with van der Waals surface area (Å²) in [6.45, 7) is 8.12. The Morgan fingerprint density at radius 2 is 0.956 bits per heavy atom. The molecule has 1 heterocycles. The summed E-state index contributed by atoms with van der Waals surface area (Å²) in [4.78, 5) is 31.6. The average molecular weight is 631 g/mol. The van der Waals surface area contributed by atoms with E-state index in [-0.39, 0.29) is 11.3 Å². The van der Waals surface area contributed by atoms with Crippen LogP contribution in [0, 0.1) is 5.41 Å². The number of amides is 1. The maximum atomic E-state index is 13.2. The first-order valence-corrected chi connectivity index (χ1v) is 20.4. The van der Waals surface area contributed by atoms with Crippen molar-refractivity contribution in [1.82, 2.24) is 4.90 Å². The fourth-order valence-electron chi connectivity index (χ4n) is 7.19. The number of rotatable bonds is 34. The van der Waals surface area contributed by atoms with Crippen LogP contribution >= 0.6 is 0 Å². The first-order valence-electron chi connectivity index (χ1n) is 20.4. The molecule has 0 saturated heterocycles. The molecule has 1 rings (SSSR count). The van der Waals surface area contributed by atoms with Gasteiger partial charge in [0.05, 0.1) is 6.54 Å². The summed E-state index contributed by atoms with van der Waals surface area (Å²) in [7, 11) is 0. The Balaban J connectivity index is 2.13. The highest BCUT2D eigenvalue weighted by Gasteiger charge is 2.38. The zero-order valence-corrected chi connectivity index (χ0v) is 30.8. The molecule has 1 atom stereocenters. The lowest BCUT2D eigenvalue weighted by atomic mass is 9.80. The fourth-order valence-corrected chi connectivity index (χ4v) is 7.19. The highest BCUT2D eigenvalue weighted by atomic mass is 16.2. The van der Waals surface area contributed by atoms with Gasteiger partial charge in [0.2, 0.25) is 5.91 Å². The molecule has 0 aromatic carbocycles. The van der Waals surface area contributed by atoms with Crippen molar-refractivity contribution in [3.8, 4) is 0 Å². The van der Waals surface area contributed by atoms with Gasteiger partial charge in [0.15, 0.2) is 0 Å². The van der Waals surface area contributed by atoms with Gasteiger partial charge in [-0.3, -0.25) is 14.7 Å². The Morgan fingerprint density at radius 3 is 1.33 bits per heavy atom. The van der Waals surface area contributed by atoms with Crippen LogP contribution in [-0.2, 0) is 9.59 Å². The van der Waals surface area contributed by atoms with Crippen LogP contribution in [0.2, 0.25) is 0 Å². The Morgan fingerprint density at radius 1 is 0.600 bits per heavy atom. The number of nitrogens with zero attached hydrogens (tertiary/aromatic N) is 2. The first-order chi connectivity index (χ1) is 22.1. The van der Waals surface area contributed by atoms with E-state index in [0.717, 1.165) is 37.8 Å². The van der Waals surface area contributed by atoms with Gasteiger partial charge in [0.25, 0.3) is 0 Å². The molecule has 0 aromatic heterocycles. The summed E-state index contributed by atoms with van der Waals surface area (Å²) < 4.78 is 0. The van der Waals surface area contributed by atoms with Gasteiger partial charge in [-0.2, -0.15) is 0 Å². The summed E-state index contributed by atoms with van der Waals surface area (Å²) in [6.07, 6.45) is 42.0. The quantitative estimate of drug-likeness (QED) is 0.0524. The summed E-state index contributed by atoms with van der Waals surface area (Å²) in [5.41, 5.74) is -0.305. The van der Waals surface area contributed by atoms with E-state index in [4.69, 9.17) is 4.99 Å². The molecule has 0 fully saturated rings. The second kappa shape index (κ2) is 30.2. The molecule has 1 amide bonds. The van der Waals surface area contributed by atoms with E-state index in [2.05, 4.69) is 20.8 Å². The third-order valence-corrected chi connectivity index (χ3v) is 10.3. The number of carbonyl (C=O) groups excluding carboxylic acids is 2. The molecule has 1 aliphatic heterocycles. The lowest BCUT2D eigenvalue weighted by Crippen LogP contribution is -2.43. The van der Waals surface area contributed by atoms with E-state index in [0.29, 0.717) is 25.9 Å². The summed E-state index contributed by atoms with van der Waals surface area (Å²) in [5.74, 6) is 1.12. The second-order valence-corrected chi connectivity index (χ2v) is 14.7. The number of unbranched alkanes of at least 4 members (excludes halogenated alkanes) is 27. The SMILES string of the molecule is CCCCCCCCCCCCCCCCCC(=O)N1CCN=C1C(C)(CC=O)CCCCCCCCCCCCCCCC. The van der Waals surface area contributed by atoms with Crippen LogP contribution < -0.4 is 0 Å². The van der Waals surface area contributed by atoms with E-state index in [1.165, 1.54) is 167 Å². The van der Waals surface area contributed by atoms with Gasteiger partial charge >= 0.3 is 0 Å². The molecule has 264 valence electrons. The van der Waals surface area contributed by atoms with E-state index in [1.54, 1.807) is 0 Å². The number of amidine groups is 1. The molecule has 45 heavy (non-hydrogen) atoms. The van der Waals surface area contributed by atoms with Crippen LogP contribution in [0.1, 0.15) is 226 Å². The summed E-state index contributed by atoms with van der Waals surface area (Å²) in [5, 5.41) is 0. The summed E-state index contributed by atoms with van der Waals surface area (Å²) in [6, 6.07) is 0. The zero-order chi connectivity index (χ0) is 32.7. The maximum absolute atomic E-state index is 13.2. The Bertz CT molecular complexity index is 720. The minimum absolute atomic E-state index is 0.221. The molecule has 0 N–H and O–H groups in total.